The summed E-state index contributed by atoms with van der Waals surface area (Å²) in [5, 5.41) is 1.61. The fourth-order valence-electron chi connectivity index (χ4n) is 2.14. The van der Waals surface area contributed by atoms with Crippen molar-refractivity contribution in [1.82, 2.24) is 0 Å². The van der Waals surface area contributed by atoms with Crippen molar-refractivity contribution in [3.8, 4) is 0 Å². The van der Waals surface area contributed by atoms with Gasteiger partial charge >= 0.3 is 0 Å². The van der Waals surface area contributed by atoms with Crippen molar-refractivity contribution in [2.24, 2.45) is 0 Å². The third kappa shape index (κ3) is 3.29. The lowest BCUT2D eigenvalue weighted by molar-refractivity contribution is 0.720. The summed E-state index contributed by atoms with van der Waals surface area (Å²) < 4.78 is 0. The van der Waals surface area contributed by atoms with Crippen LogP contribution in [0, 0.1) is 0 Å². The van der Waals surface area contributed by atoms with E-state index >= 15 is 0 Å². The van der Waals surface area contributed by atoms with Gasteiger partial charge in [0.2, 0.25) is 0 Å². The fourth-order valence-corrected chi connectivity index (χ4v) is 19.3. The van der Waals surface area contributed by atoms with Crippen LogP contribution in [0.2, 0.25) is 18.1 Å². The smallest absolute Gasteiger partial charge is 0.0653 e. The molecule has 0 fully saturated rings. The molecule has 0 aromatic carbocycles. The van der Waals surface area contributed by atoms with Gasteiger partial charge < -0.3 is 0 Å². The predicted octanol–water partition coefficient (Wildman–Crippen LogP) is 4.84. The Bertz CT molecular complexity index is 172. The van der Waals surface area contributed by atoms with E-state index in [0.717, 1.165) is 5.02 Å². The summed E-state index contributed by atoms with van der Waals surface area (Å²) in [6.07, 6.45) is 0. The summed E-state index contributed by atoms with van der Waals surface area (Å²) in [6, 6.07) is 0. The van der Waals surface area contributed by atoms with Gasteiger partial charge in [-0.1, -0.05) is 33.9 Å². The number of hydrogen-bond donors (Lipinski definition) is 0. The minimum absolute atomic E-state index is 0.235. The van der Waals surface area contributed by atoms with Crippen LogP contribution in [0.25, 0.3) is 0 Å². The molecule has 3 heteroatoms. The maximum Gasteiger partial charge on any atom is 0.0653 e. The standard InChI is InChI=1S/C11H28P2Si/c1-11(2,3)14(8,9)10(12(4)5)13(6)7/h10H,1-9H3. The summed E-state index contributed by atoms with van der Waals surface area (Å²) in [6.45, 7) is 22.4. The van der Waals surface area contributed by atoms with Crippen LogP contribution < -0.4 is 0 Å². The minimum atomic E-state index is -1.10. The van der Waals surface area contributed by atoms with E-state index in [2.05, 4.69) is 60.5 Å². The van der Waals surface area contributed by atoms with Gasteiger partial charge in [0.1, 0.15) is 0 Å². The van der Waals surface area contributed by atoms with Crippen LogP contribution in [0.1, 0.15) is 20.8 Å². The first kappa shape index (κ1) is 15.1. The first-order valence-electron chi connectivity index (χ1n) is 5.34. The van der Waals surface area contributed by atoms with Crippen LogP contribution in [0.5, 0.6) is 0 Å². The van der Waals surface area contributed by atoms with E-state index in [1.807, 2.05) is 0 Å². The molecule has 0 heterocycles. The average molecular weight is 250 g/mol. The molecule has 14 heavy (non-hydrogen) atoms. The Labute approximate surface area is 94.8 Å². The van der Waals surface area contributed by atoms with Crippen molar-refractivity contribution in [1.29, 1.82) is 0 Å². The molecule has 0 aliphatic heterocycles. The van der Waals surface area contributed by atoms with E-state index in [-0.39, 0.29) is 15.8 Å². The lowest BCUT2D eigenvalue weighted by atomic mass is 10.2. The molecule has 0 aromatic heterocycles. The molecule has 0 saturated carbocycles. The summed E-state index contributed by atoms with van der Waals surface area (Å²) >= 11 is 0. The molecule has 0 bridgehead atoms. The summed E-state index contributed by atoms with van der Waals surface area (Å²) in [5.74, 6) is 0. The maximum absolute atomic E-state index is 2.60. The van der Waals surface area contributed by atoms with Gasteiger partial charge in [-0.3, -0.25) is 0 Å². The zero-order valence-corrected chi connectivity index (χ0v) is 14.3. The molecule has 86 valence electrons. The molecule has 0 amide bonds. The highest BCUT2D eigenvalue weighted by Gasteiger charge is 2.44. The normalized spacial score (nSPS) is 14.6. The molecule has 0 saturated heterocycles. The summed E-state index contributed by atoms with van der Waals surface area (Å²) in [5.41, 5.74) is 0. The second-order valence-electron chi connectivity index (χ2n) is 6.27. The highest BCUT2D eigenvalue weighted by Crippen LogP contribution is 2.59. The highest BCUT2D eigenvalue weighted by atomic mass is 31.2. The Balaban J connectivity index is 5.01. The molecule has 0 N–H and O–H groups in total. The average Bonchev–Trinajstić information content (AvgIpc) is 1.79. The molecule has 0 nitrogen and oxygen atoms in total. The van der Waals surface area contributed by atoms with Crippen LogP contribution in [-0.4, -0.2) is 39.8 Å². The van der Waals surface area contributed by atoms with Crippen LogP contribution in [0.4, 0.5) is 0 Å². The molecule has 0 spiro atoms. The van der Waals surface area contributed by atoms with E-state index in [1.54, 1.807) is 0 Å². The first-order valence-corrected chi connectivity index (χ1v) is 13.0. The predicted molar refractivity (Wildman–Crippen MR) is 78.5 cm³/mol. The van der Waals surface area contributed by atoms with Crippen molar-refractivity contribution in [3.63, 3.8) is 0 Å². The minimum Gasteiger partial charge on any atom is -0.108 e. The maximum atomic E-state index is 2.60. The Hall–Kier alpha value is 1.08. The van der Waals surface area contributed by atoms with Crippen LogP contribution in [-0.2, 0) is 0 Å². The Morgan fingerprint density at radius 3 is 1.21 bits per heavy atom. The number of rotatable bonds is 3. The summed E-state index contributed by atoms with van der Waals surface area (Å²) in [4.78, 5) is 0. The SMILES string of the molecule is CP(C)C(P(C)C)[Si](C)(C)C(C)(C)C. The molecule has 0 aliphatic carbocycles. The lowest BCUT2D eigenvalue weighted by Crippen LogP contribution is -2.47. The van der Waals surface area contributed by atoms with Crippen LogP contribution in [0.15, 0.2) is 0 Å². The van der Waals surface area contributed by atoms with Crippen LogP contribution in [0.3, 0.4) is 0 Å². The number of hydrogen-bond acceptors (Lipinski definition) is 0. The monoisotopic (exact) mass is 250 g/mol. The second-order valence-corrected chi connectivity index (χ2v) is 18.1. The van der Waals surface area contributed by atoms with E-state index < -0.39 is 8.07 Å². The Morgan fingerprint density at radius 1 is 0.857 bits per heavy atom. The van der Waals surface area contributed by atoms with E-state index in [0.29, 0.717) is 5.04 Å². The van der Waals surface area contributed by atoms with Crippen LogP contribution >= 0.6 is 15.8 Å². The van der Waals surface area contributed by atoms with E-state index in [9.17, 15) is 0 Å². The quantitative estimate of drug-likeness (QED) is 0.496. The molecule has 0 unspecified atom stereocenters. The van der Waals surface area contributed by atoms with Crippen molar-refractivity contribution >= 4 is 23.9 Å². The van der Waals surface area contributed by atoms with Gasteiger partial charge in [0, 0.05) is 0 Å². The highest BCUT2D eigenvalue weighted by molar-refractivity contribution is 7.78. The lowest BCUT2D eigenvalue weighted by Gasteiger charge is -2.47. The van der Waals surface area contributed by atoms with Gasteiger partial charge in [-0.25, -0.2) is 0 Å². The second kappa shape index (κ2) is 4.94. The molecule has 0 aromatic rings. The van der Waals surface area contributed by atoms with Gasteiger partial charge in [-0.05, 0) is 36.7 Å². The zero-order chi connectivity index (χ0) is 11.7. The summed E-state index contributed by atoms with van der Waals surface area (Å²) in [7, 11) is -0.633. The van der Waals surface area contributed by atoms with Gasteiger partial charge in [0.15, 0.2) is 0 Å². The molecule has 0 rings (SSSR count). The zero-order valence-electron chi connectivity index (χ0n) is 11.5. The van der Waals surface area contributed by atoms with E-state index in [4.69, 9.17) is 0 Å². The Morgan fingerprint density at radius 2 is 1.14 bits per heavy atom. The third-order valence-corrected chi connectivity index (χ3v) is 20.4. The van der Waals surface area contributed by atoms with Gasteiger partial charge in [-0.15, -0.1) is 15.8 Å². The topological polar surface area (TPSA) is 0 Å². The first-order chi connectivity index (χ1) is 6.01. The largest absolute Gasteiger partial charge is 0.108 e. The molecule has 0 atom stereocenters. The third-order valence-electron chi connectivity index (χ3n) is 3.56. The van der Waals surface area contributed by atoms with E-state index in [1.165, 1.54) is 0 Å². The van der Waals surface area contributed by atoms with Crippen molar-refractivity contribution in [2.45, 2.75) is 43.9 Å². The van der Waals surface area contributed by atoms with Gasteiger partial charge in [-0.2, -0.15) is 0 Å². The molecule has 0 radical (unpaired) electrons. The van der Waals surface area contributed by atoms with Crippen molar-refractivity contribution < 1.29 is 0 Å². The molecular weight excluding hydrogens is 222 g/mol. The Kier molecular flexibility index (Phi) is 5.32. The van der Waals surface area contributed by atoms with Crippen molar-refractivity contribution in [2.75, 3.05) is 26.7 Å². The van der Waals surface area contributed by atoms with Gasteiger partial charge in [0.25, 0.3) is 0 Å². The van der Waals surface area contributed by atoms with Gasteiger partial charge in [0.05, 0.1) is 8.07 Å². The van der Waals surface area contributed by atoms with Crippen molar-refractivity contribution in [3.05, 3.63) is 0 Å². The molecule has 0 aliphatic rings. The fraction of sp³-hybridized carbons (Fsp3) is 1.00. The molecular formula is C11H28P2Si.